The maximum Gasteiger partial charge on any atom is 0.404 e. The van der Waals surface area contributed by atoms with Crippen molar-refractivity contribution in [1.82, 2.24) is 20.1 Å². The zero-order valence-corrected chi connectivity index (χ0v) is 16.5. The quantitative estimate of drug-likeness (QED) is 0.568. The number of nitrogens with zero attached hydrogens (tertiary/aromatic N) is 3. The number of hydrogen-bond donors (Lipinski definition) is 2. The van der Waals surface area contributed by atoms with Crippen LogP contribution in [-0.2, 0) is 16.3 Å². The number of sulfone groups is 1. The summed E-state index contributed by atoms with van der Waals surface area (Å²) in [7, 11) is -3.99. The van der Waals surface area contributed by atoms with Gasteiger partial charge in [0.25, 0.3) is 0 Å². The van der Waals surface area contributed by atoms with Crippen molar-refractivity contribution in [2.75, 3.05) is 6.54 Å². The monoisotopic (exact) mass is 440 g/mol. The number of carbonyl (C=O) groups is 1. The molecule has 0 saturated carbocycles. The summed E-state index contributed by atoms with van der Waals surface area (Å²) in [5.74, 6) is 0. The van der Waals surface area contributed by atoms with E-state index in [1.54, 1.807) is 24.3 Å². The van der Waals surface area contributed by atoms with Crippen molar-refractivity contribution >= 4 is 39.1 Å². The first-order chi connectivity index (χ1) is 13.3. The van der Waals surface area contributed by atoms with Crippen LogP contribution in [0.1, 0.15) is 5.69 Å². The molecule has 146 valence electrons. The van der Waals surface area contributed by atoms with Crippen LogP contribution in [0.3, 0.4) is 0 Å². The minimum absolute atomic E-state index is 0.0553. The molecule has 0 unspecified atom stereocenters. The number of para-hydroxylation sites is 1. The van der Waals surface area contributed by atoms with Crippen molar-refractivity contribution in [2.45, 2.75) is 16.3 Å². The van der Waals surface area contributed by atoms with E-state index in [0.29, 0.717) is 16.4 Å². The van der Waals surface area contributed by atoms with Crippen LogP contribution in [-0.4, -0.2) is 40.9 Å². The van der Waals surface area contributed by atoms with Gasteiger partial charge in [-0.1, -0.05) is 35.3 Å². The number of benzene rings is 1. The third-order valence-electron chi connectivity index (χ3n) is 3.75. The molecule has 0 bridgehead atoms. The van der Waals surface area contributed by atoms with Gasteiger partial charge < -0.3 is 10.4 Å². The number of nitrogens with one attached hydrogen (secondary N) is 1. The van der Waals surface area contributed by atoms with Crippen LogP contribution in [0.5, 0.6) is 0 Å². The zero-order valence-electron chi connectivity index (χ0n) is 14.2. The van der Waals surface area contributed by atoms with Crippen LogP contribution in [0, 0.1) is 0 Å². The summed E-state index contributed by atoms with van der Waals surface area (Å²) in [4.78, 5) is 14.4. The van der Waals surface area contributed by atoms with Crippen molar-refractivity contribution in [3.05, 3.63) is 64.5 Å². The molecule has 0 aliphatic rings. The number of amides is 1. The summed E-state index contributed by atoms with van der Waals surface area (Å²) in [5.41, 5.74) is 0.760. The van der Waals surface area contributed by atoms with Gasteiger partial charge in [0.1, 0.15) is 5.15 Å². The molecule has 2 N–H and O–H groups in total. The van der Waals surface area contributed by atoms with Crippen LogP contribution < -0.4 is 5.32 Å². The molecule has 0 aliphatic heterocycles. The Hall–Kier alpha value is -2.62. The Bertz CT molecular complexity index is 1110. The van der Waals surface area contributed by atoms with Gasteiger partial charge in [0.2, 0.25) is 9.84 Å². The fraction of sp³-hybridized carbons (Fsp3) is 0.118. The minimum Gasteiger partial charge on any atom is -0.465 e. The molecular weight excluding hydrogens is 427 g/mol. The molecule has 0 radical (unpaired) electrons. The highest BCUT2D eigenvalue weighted by Crippen LogP contribution is 2.28. The van der Waals surface area contributed by atoms with E-state index in [0.717, 1.165) is 6.20 Å². The predicted octanol–water partition coefficient (Wildman–Crippen LogP) is 3.22. The van der Waals surface area contributed by atoms with E-state index in [2.05, 4.69) is 15.4 Å². The second-order valence-corrected chi connectivity index (χ2v) is 8.33. The Morgan fingerprint density at radius 1 is 1.18 bits per heavy atom. The van der Waals surface area contributed by atoms with Crippen LogP contribution >= 0.6 is 23.2 Å². The van der Waals surface area contributed by atoms with Gasteiger partial charge in [-0.3, -0.25) is 0 Å². The van der Waals surface area contributed by atoms with Gasteiger partial charge in [0.15, 0.2) is 5.03 Å². The summed E-state index contributed by atoms with van der Waals surface area (Å²) >= 11 is 12.0. The average Bonchev–Trinajstić information content (AvgIpc) is 3.07. The van der Waals surface area contributed by atoms with Gasteiger partial charge in [-0.2, -0.15) is 5.10 Å². The average molecular weight is 441 g/mol. The molecular formula is C17H14Cl2N4O4S. The molecule has 0 fully saturated rings. The van der Waals surface area contributed by atoms with Gasteiger partial charge in [-0.05, 0) is 30.3 Å². The third kappa shape index (κ3) is 4.27. The lowest BCUT2D eigenvalue weighted by molar-refractivity contribution is 0.194. The summed E-state index contributed by atoms with van der Waals surface area (Å²) in [6.45, 7) is 0.0802. The molecule has 2 aromatic heterocycles. The Morgan fingerprint density at radius 2 is 1.93 bits per heavy atom. The highest BCUT2D eigenvalue weighted by molar-refractivity contribution is 7.91. The number of pyridine rings is 1. The zero-order chi connectivity index (χ0) is 20.3. The first-order valence-electron chi connectivity index (χ1n) is 7.96. The van der Waals surface area contributed by atoms with Crippen molar-refractivity contribution in [1.29, 1.82) is 0 Å². The first kappa shape index (κ1) is 20.1. The Morgan fingerprint density at radius 3 is 2.57 bits per heavy atom. The number of hydrogen-bond acceptors (Lipinski definition) is 5. The minimum atomic E-state index is -3.99. The van der Waals surface area contributed by atoms with E-state index in [-0.39, 0.29) is 28.0 Å². The van der Waals surface area contributed by atoms with Crippen LogP contribution in [0.4, 0.5) is 4.79 Å². The Labute approximate surface area is 170 Å². The second kappa shape index (κ2) is 8.17. The molecule has 2 heterocycles. The fourth-order valence-corrected chi connectivity index (χ4v) is 4.13. The fourth-order valence-electron chi connectivity index (χ4n) is 2.46. The van der Waals surface area contributed by atoms with Crippen LogP contribution in [0.15, 0.2) is 58.6 Å². The van der Waals surface area contributed by atoms with Crippen LogP contribution in [0.25, 0.3) is 5.69 Å². The lowest BCUT2D eigenvalue weighted by Gasteiger charge is -2.09. The van der Waals surface area contributed by atoms with E-state index in [1.807, 2.05) is 0 Å². The van der Waals surface area contributed by atoms with E-state index in [9.17, 15) is 13.2 Å². The summed E-state index contributed by atoms with van der Waals surface area (Å²) in [6, 6.07) is 10.8. The summed E-state index contributed by atoms with van der Waals surface area (Å²) in [5, 5.41) is 15.6. The lowest BCUT2D eigenvalue weighted by atomic mass is 10.3. The van der Waals surface area contributed by atoms with Gasteiger partial charge in [-0.25, -0.2) is 22.9 Å². The maximum atomic E-state index is 13.1. The maximum absolute atomic E-state index is 13.1. The van der Waals surface area contributed by atoms with Gasteiger partial charge >= 0.3 is 6.09 Å². The predicted molar refractivity (Wildman–Crippen MR) is 103 cm³/mol. The van der Waals surface area contributed by atoms with E-state index in [4.69, 9.17) is 28.3 Å². The van der Waals surface area contributed by atoms with E-state index in [1.165, 1.54) is 22.9 Å². The number of carboxylic acid groups (broad SMARTS) is 1. The molecule has 11 heteroatoms. The van der Waals surface area contributed by atoms with Crippen molar-refractivity contribution in [3.8, 4) is 5.69 Å². The highest BCUT2D eigenvalue weighted by atomic mass is 35.5. The van der Waals surface area contributed by atoms with Gasteiger partial charge in [-0.15, -0.1) is 0 Å². The summed E-state index contributed by atoms with van der Waals surface area (Å²) < 4.78 is 27.5. The Balaban J connectivity index is 2.10. The molecule has 8 nitrogen and oxygen atoms in total. The first-order valence-corrected chi connectivity index (χ1v) is 10.2. The molecule has 1 aromatic carbocycles. The Kier molecular flexibility index (Phi) is 5.87. The molecule has 0 saturated heterocycles. The van der Waals surface area contributed by atoms with E-state index < -0.39 is 15.9 Å². The van der Waals surface area contributed by atoms with Gasteiger partial charge in [0.05, 0.1) is 21.3 Å². The van der Waals surface area contributed by atoms with Crippen molar-refractivity contribution in [3.63, 3.8) is 0 Å². The second-order valence-electron chi connectivity index (χ2n) is 5.64. The molecule has 3 aromatic rings. The number of halogens is 2. The SMILES string of the molecule is O=C(O)NCCc1cc(S(=O)(=O)c2ccc(Cl)nc2)n(-c2ccccc2Cl)n1. The van der Waals surface area contributed by atoms with Crippen molar-refractivity contribution in [2.24, 2.45) is 0 Å². The van der Waals surface area contributed by atoms with Crippen LogP contribution in [0.2, 0.25) is 10.2 Å². The van der Waals surface area contributed by atoms with E-state index >= 15 is 0 Å². The molecule has 0 atom stereocenters. The standard InChI is InChI=1S/C17H14Cl2N4O4S/c18-13-3-1-2-4-14(13)23-16(9-11(22-23)7-8-20-17(24)25)28(26,27)12-5-6-15(19)21-10-12/h1-6,9-10,20H,7-8H2,(H,24,25). The number of aromatic nitrogens is 3. The van der Waals surface area contributed by atoms with Gasteiger partial charge in [0, 0.05) is 19.2 Å². The largest absolute Gasteiger partial charge is 0.465 e. The molecule has 0 aliphatic carbocycles. The smallest absolute Gasteiger partial charge is 0.404 e. The highest BCUT2D eigenvalue weighted by Gasteiger charge is 2.26. The lowest BCUT2D eigenvalue weighted by Crippen LogP contribution is -2.23. The third-order valence-corrected chi connectivity index (χ3v) is 6.00. The normalized spacial score (nSPS) is 11.4. The molecule has 3 rings (SSSR count). The number of rotatable bonds is 6. The van der Waals surface area contributed by atoms with Crippen molar-refractivity contribution < 1.29 is 18.3 Å². The molecule has 0 spiro atoms. The molecule has 1 amide bonds. The molecule has 28 heavy (non-hydrogen) atoms. The topological polar surface area (TPSA) is 114 Å². The summed E-state index contributed by atoms with van der Waals surface area (Å²) in [6.07, 6.45) is 0.184.